The van der Waals surface area contributed by atoms with Crippen molar-refractivity contribution < 1.29 is 4.84 Å². The lowest BCUT2D eigenvalue weighted by Crippen LogP contribution is -1.89. The summed E-state index contributed by atoms with van der Waals surface area (Å²) in [5.41, 5.74) is 3.41. The van der Waals surface area contributed by atoms with Crippen LogP contribution in [0.1, 0.15) is 12.5 Å². The van der Waals surface area contributed by atoms with Crippen LogP contribution in [-0.2, 0) is 4.84 Å². The molecule has 0 aromatic heterocycles. The first-order valence-corrected chi connectivity index (χ1v) is 5.71. The zero-order chi connectivity index (χ0) is 11.9. The molecule has 0 spiro atoms. The van der Waals surface area contributed by atoms with Crippen molar-refractivity contribution >= 4 is 6.21 Å². The van der Waals surface area contributed by atoms with Crippen LogP contribution in [0.2, 0.25) is 0 Å². The fourth-order valence-electron chi connectivity index (χ4n) is 1.66. The van der Waals surface area contributed by atoms with Gasteiger partial charge in [0.2, 0.25) is 0 Å². The highest BCUT2D eigenvalue weighted by Gasteiger charge is 2.01. The lowest BCUT2D eigenvalue weighted by Gasteiger charge is -2.05. The molecular formula is C15H15NO. The summed E-state index contributed by atoms with van der Waals surface area (Å²) in [5, 5.41) is 3.92. The molecule has 0 unspecified atom stereocenters. The minimum Gasteiger partial charge on any atom is -0.396 e. The van der Waals surface area contributed by atoms with Gasteiger partial charge in [0.1, 0.15) is 6.61 Å². The van der Waals surface area contributed by atoms with E-state index in [1.165, 1.54) is 5.56 Å². The van der Waals surface area contributed by atoms with Gasteiger partial charge < -0.3 is 4.84 Å². The summed E-state index contributed by atoms with van der Waals surface area (Å²) in [5.74, 6) is 0. The fourth-order valence-corrected chi connectivity index (χ4v) is 1.66. The molecule has 17 heavy (non-hydrogen) atoms. The molecule has 0 fully saturated rings. The molecule has 0 amide bonds. The normalized spacial score (nSPS) is 10.6. The average Bonchev–Trinajstić information content (AvgIpc) is 2.41. The van der Waals surface area contributed by atoms with E-state index in [-0.39, 0.29) is 0 Å². The zero-order valence-electron chi connectivity index (χ0n) is 9.84. The van der Waals surface area contributed by atoms with Crippen molar-refractivity contribution in [2.75, 3.05) is 6.61 Å². The van der Waals surface area contributed by atoms with Crippen LogP contribution in [0.25, 0.3) is 11.1 Å². The first-order valence-electron chi connectivity index (χ1n) is 5.71. The predicted molar refractivity (Wildman–Crippen MR) is 71.1 cm³/mol. The maximum absolute atomic E-state index is 5.00. The van der Waals surface area contributed by atoms with Gasteiger partial charge in [-0.1, -0.05) is 59.8 Å². The van der Waals surface area contributed by atoms with E-state index in [9.17, 15) is 0 Å². The van der Waals surface area contributed by atoms with Gasteiger partial charge in [-0.3, -0.25) is 0 Å². The monoisotopic (exact) mass is 225 g/mol. The second kappa shape index (κ2) is 5.85. The van der Waals surface area contributed by atoms with Crippen LogP contribution in [0.4, 0.5) is 0 Å². The number of hydrogen-bond donors (Lipinski definition) is 0. The van der Waals surface area contributed by atoms with Gasteiger partial charge in [0.15, 0.2) is 0 Å². The largest absolute Gasteiger partial charge is 0.396 e. The van der Waals surface area contributed by atoms with Crippen LogP contribution in [0, 0.1) is 0 Å². The molecule has 0 radical (unpaired) electrons. The van der Waals surface area contributed by atoms with Crippen LogP contribution >= 0.6 is 0 Å². The SMILES string of the molecule is CCO/N=C/c1ccccc1-c1ccccc1. The Hall–Kier alpha value is -2.09. The van der Waals surface area contributed by atoms with Gasteiger partial charge in [0.25, 0.3) is 0 Å². The summed E-state index contributed by atoms with van der Waals surface area (Å²) < 4.78 is 0. The van der Waals surface area contributed by atoms with E-state index < -0.39 is 0 Å². The van der Waals surface area contributed by atoms with Crippen molar-refractivity contribution in [3.05, 3.63) is 60.2 Å². The first-order chi connectivity index (χ1) is 8.42. The maximum Gasteiger partial charge on any atom is 0.114 e. The van der Waals surface area contributed by atoms with Gasteiger partial charge in [-0.15, -0.1) is 0 Å². The third kappa shape index (κ3) is 2.94. The summed E-state index contributed by atoms with van der Waals surface area (Å²) >= 11 is 0. The quantitative estimate of drug-likeness (QED) is 0.574. The number of rotatable bonds is 4. The Bertz CT molecular complexity index is 491. The van der Waals surface area contributed by atoms with E-state index in [1.54, 1.807) is 6.21 Å². The molecule has 0 aliphatic rings. The van der Waals surface area contributed by atoms with Crippen LogP contribution in [0.3, 0.4) is 0 Å². The van der Waals surface area contributed by atoms with E-state index in [1.807, 2.05) is 43.3 Å². The molecule has 0 bridgehead atoms. The van der Waals surface area contributed by atoms with Gasteiger partial charge in [-0.05, 0) is 18.1 Å². The average molecular weight is 225 g/mol. The van der Waals surface area contributed by atoms with Crippen LogP contribution in [0.5, 0.6) is 0 Å². The Kier molecular flexibility index (Phi) is 3.92. The molecule has 0 heterocycles. The Balaban J connectivity index is 2.34. The highest BCUT2D eigenvalue weighted by Crippen LogP contribution is 2.21. The molecule has 0 atom stereocenters. The fraction of sp³-hybridized carbons (Fsp3) is 0.133. The molecule has 2 nitrogen and oxygen atoms in total. The summed E-state index contributed by atoms with van der Waals surface area (Å²) in [6.45, 7) is 2.50. The van der Waals surface area contributed by atoms with Gasteiger partial charge in [0.05, 0.1) is 6.21 Å². The number of nitrogens with zero attached hydrogens (tertiary/aromatic N) is 1. The number of oxime groups is 1. The molecule has 2 aromatic carbocycles. The van der Waals surface area contributed by atoms with E-state index in [0.717, 1.165) is 11.1 Å². The minimum absolute atomic E-state index is 0.587. The molecule has 0 saturated carbocycles. The predicted octanol–water partition coefficient (Wildman–Crippen LogP) is 3.72. The van der Waals surface area contributed by atoms with Gasteiger partial charge in [-0.2, -0.15) is 0 Å². The Morgan fingerprint density at radius 1 is 1.00 bits per heavy atom. The molecule has 2 heteroatoms. The smallest absolute Gasteiger partial charge is 0.114 e. The zero-order valence-corrected chi connectivity index (χ0v) is 9.84. The van der Waals surface area contributed by atoms with Crippen molar-refractivity contribution in [2.45, 2.75) is 6.92 Å². The van der Waals surface area contributed by atoms with E-state index >= 15 is 0 Å². The second-order valence-corrected chi connectivity index (χ2v) is 3.61. The Labute approximate surface area is 102 Å². The maximum atomic E-state index is 5.00. The lowest BCUT2D eigenvalue weighted by atomic mass is 10.0. The molecule has 0 saturated heterocycles. The Morgan fingerprint density at radius 2 is 1.71 bits per heavy atom. The standard InChI is InChI=1S/C15H15NO/c1-2-17-16-12-14-10-6-7-11-15(14)13-8-4-3-5-9-13/h3-12H,2H2,1H3/b16-12+. The van der Waals surface area contributed by atoms with Crippen molar-refractivity contribution in [1.82, 2.24) is 0 Å². The lowest BCUT2D eigenvalue weighted by molar-refractivity contribution is 0.160. The van der Waals surface area contributed by atoms with E-state index in [4.69, 9.17) is 4.84 Å². The number of hydrogen-bond acceptors (Lipinski definition) is 2. The van der Waals surface area contributed by atoms with Gasteiger partial charge >= 0.3 is 0 Å². The highest BCUT2D eigenvalue weighted by atomic mass is 16.6. The molecule has 86 valence electrons. The van der Waals surface area contributed by atoms with Crippen LogP contribution in [0.15, 0.2) is 59.8 Å². The number of benzene rings is 2. The van der Waals surface area contributed by atoms with Gasteiger partial charge in [-0.25, -0.2) is 0 Å². The molecular weight excluding hydrogens is 210 g/mol. The highest BCUT2D eigenvalue weighted by molar-refractivity contribution is 5.90. The Morgan fingerprint density at radius 3 is 2.47 bits per heavy atom. The van der Waals surface area contributed by atoms with E-state index in [2.05, 4.69) is 23.4 Å². The summed E-state index contributed by atoms with van der Waals surface area (Å²) in [7, 11) is 0. The molecule has 2 aromatic rings. The second-order valence-electron chi connectivity index (χ2n) is 3.61. The van der Waals surface area contributed by atoms with Crippen molar-refractivity contribution in [1.29, 1.82) is 0 Å². The van der Waals surface area contributed by atoms with Crippen molar-refractivity contribution in [3.8, 4) is 11.1 Å². The molecule has 0 aliphatic carbocycles. The van der Waals surface area contributed by atoms with Crippen LogP contribution in [-0.4, -0.2) is 12.8 Å². The van der Waals surface area contributed by atoms with Crippen molar-refractivity contribution in [2.24, 2.45) is 5.16 Å². The summed E-state index contributed by atoms with van der Waals surface area (Å²) in [6, 6.07) is 18.4. The van der Waals surface area contributed by atoms with Crippen LogP contribution < -0.4 is 0 Å². The molecule has 0 aliphatic heterocycles. The van der Waals surface area contributed by atoms with Gasteiger partial charge in [0, 0.05) is 5.56 Å². The summed E-state index contributed by atoms with van der Waals surface area (Å²) in [4.78, 5) is 5.00. The molecule has 0 N–H and O–H groups in total. The summed E-state index contributed by atoms with van der Waals surface area (Å²) in [6.07, 6.45) is 1.76. The third-order valence-corrected chi connectivity index (χ3v) is 2.44. The first kappa shape index (κ1) is 11.4. The minimum atomic E-state index is 0.587. The molecule has 2 rings (SSSR count). The van der Waals surface area contributed by atoms with Crippen molar-refractivity contribution in [3.63, 3.8) is 0 Å². The topological polar surface area (TPSA) is 21.6 Å². The van der Waals surface area contributed by atoms with E-state index in [0.29, 0.717) is 6.61 Å². The third-order valence-electron chi connectivity index (χ3n) is 2.44.